The van der Waals surface area contributed by atoms with Gasteiger partial charge in [-0.1, -0.05) is 24.6 Å². The molecule has 0 bridgehead atoms. The van der Waals surface area contributed by atoms with Gasteiger partial charge in [-0.15, -0.1) is 10.2 Å². The maximum atomic E-state index is 12.5. The fourth-order valence-corrected chi connectivity index (χ4v) is 4.80. The smallest absolute Gasteiger partial charge is 0.233 e. The maximum Gasteiger partial charge on any atom is 0.233 e. The fraction of sp³-hybridized carbons (Fsp3) is 0.526. The number of nitrogens with one attached hydrogen (secondary N) is 1. The number of aromatic nitrogens is 3. The first-order valence-electron chi connectivity index (χ1n) is 9.79. The number of thioether (sulfide) groups is 1. The molecular formula is C19H27N5O3S2. The van der Waals surface area contributed by atoms with Crippen LogP contribution in [0.4, 0.5) is 5.69 Å². The average Bonchev–Trinajstić information content (AvgIpc) is 2.89. The highest BCUT2D eigenvalue weighted by Crippen LogP contribution is 2.25. The van der Waals surface area contributed by atoms with Crippen molar-refractivity contribution in [1.82, 2.24) is 19.7 Å². The summed E-state index contributed by atoms with van der Waals surface area (Å²) in [6, 6.07) is 7.00. The number of rotatable bonds is 7. The van der Waals surface area contributed by atoms with E-state index < -0.39 is 10.0 Å². The summed E-state index contributed by atoms with van der Waals surface area (Å²) >= 11 is 1.41. The molecule has 1 N–H and O–H groups in total. The van der Waals surface area contributed by atoms with Gasteiger partial charge in [0.1, 0.15) is 0 Å². The number of likely N-dealkylation sites (tertiary alicyclic amines) is 1. The number of sulfonamides is 1. The molecule has 0 aliphatic carbocycles. The molecule has 0 radical (unpaired) electrons. The molecule has 1 aromatic carbocycles. The molecule has 1 aliphatic rings. The van der Waals surface area contributed by atoms with Crippen LogP contribution in [0.5, 0.6) is 0 Å². The average molecular weight is 438 g/mol. The Morgan fingerprint density at radius 1 is 1.10 bits per heavy atom. The Labute approximate surface area is 176 Å². The van der Waals surface area contributed by atoms with Crippen molar-refractivity contribution in [3.05, 3.63) is 24.3 Å². The number of carbonyl (C=O) groups is 1. The van der Waals surface area contributed by atoms with E-state index in [-0.39, 0.29) is 5.91 Å². The largest absolute Gasteiger partial charge is 0.342 e. The zero-order valence-electron chi connectivity index (χ0n) is 16.8. The zero-order valence-corrected chi connectivity index (χ0v) is 18.4. The number of carbonyl (C=O) groups excluding carboxylic acids is 1. The Morgan fingerprint density at radius 2 is 1.76 bits per heavy atom. The molecule has 1 aromatic heterocycles. The van der Waals surface area contributed by atoms with Crippen LogP contribution in [0.2, 0.25) is 0 Å². The molecule has 0 saturated carbocycles. The molecule has 1 saturated heterocycles. The van der Waals surface area contributed by atoms with Crippen LogP contribution in [0.25, 0.3) is 11.4 Å². The summed E-state index contributed by atoms with van der Waals surface area (Å²) in [7, 11) is -3.31. The number of anilines is 1. The van der Waals surface area contributed by atoms with Crippen molar-refractivity contribution < 1.29 is 13.2 Å². The van der Waals surface area contributed by atoms with Crippen molar-refractivity contribution in [3.63, 3.8) is 0 Å². The maximum absolute atomic E-state index is 12.5. The number of benzene rings is 1. The zero-order chi connectivity index (χ0) is 20.9. The van der Waals surface area contributed by atoms with Crippen LogP contribution in [0.3, 0.4) is 0 Å². The highest BCUT2D eigenvalue weighted by atomic mass is 32.2. The van der Waals surface area contributed by atoms with E-state index in [0.29, 0.717) is 29.0 Å². The van der Waals surface area contributed by atoms with Crippen LogP contribution in [0.15, 0.2) is 29.4 Å². The van der Waals surface area contributed by atoms with E-state index >= 15 is 0 Å². The van der Waals surface area contributed by atoms with E-state index in [0.717, 1.165) is 37.8 Å². The molecule has 8 nitrogen and oxygen atoms in total. The molecule has 3 rings (SSSR count). The monoisotopic (exact) mass is 437 g/mol. The van der Waals surface area contributed by atoms with Crippen molar-refractivity contribution in [1.29, 1.82) is 0 Å². The molecule has 10 heteroatoms. The standard InChI is InChI=1S/C19H27N5O3S2/c1-3-24-18(15-8-10-16(11-9-15)22-29(2,26)27)20-21-19(24)28-14-17(25)23-12-6-4-5-7-13-23/h8-11,22H,3-7,12-14H2,1-2H3. The molecule has 0 spiro atoms. The lowest BCUT2D eigenvalue weighted by Gasteiger charge is -2.19. The summed E-state index contributed by atoms with van der Waals surface area (Å²) in [4.78, 5) is 14.5. The van der Waals surface area contributed by atoms with Gasteiger partial charge in [-0.25, -0.2) is 8.42 Å². The van der Waals surface area contributed by atoms with Gasteiger partial charge in [0.15, 0.2) is 11.0 Å². The van der Waals surface area contributed by atoms with Crippen molar-refractivity contribution in [2.75, 3.05) is 29.8 Å². The lowest BCUT2D eigenvalue weighted by molar-refractivity contribution is -0.128. The van der Waals surface area contributed by atoms with Gasteiger partial charge in [0, 0.05) is 30.9 Å². The normalized spacial score (nSPS) is 15.2. The van der Waals surface area contributed by atoms with Gasteiger partial charge in [-0.3, -0.25) is 9.52 Å². The van der Waals surface area contributed by atoms with E-state index in [9.17, 15) is 13.2 Å². The third-order valence-electron chi connectivity index (χ3n) is 4.76. The molecule has 1 fully saturated rings. The Bertz CT molecular complexity index is 933. The molecule has 0 atom stereocenters. The van der Waals surface area contributed by atoms with Gasteiger partial charge in [-0.05, 0) is 44.0 Å². The molecule has 158 valence electrons. The van der Waals surface area contributed by atoms with E-state index in [1.807, 2.05) is 16.4 Å². The summed E-state index contributed by atoms with van der Waals surface area (Å²) < 4.78 is 27.1. The van der Waals surface area contributed by atoms with Gasteiger partial charge in [0.2, 0.25) is 15.9 Å². The van der Waals surface area contributed by atoms with Crippen molar-refractivity contribution in [2.45, 2.75) is 44.3 Å². The van der Waals surface area contributed by atoms with Crippen molar-refractivity contribution >= 4 is 33.4 Å². The second-order valence-electron chi connectivity index (χ2n) is 7.09. The van der Waals surface area contributed by atoms with E-state index in [4.69, 9.17) is 0 Å². The summed E-state index contributed by atoms with van der Waals surface area (Å²) in [5.74, 6) is 1.21. The fourth-order valence-electron chi connectivity index (χ4n) is 3.33. The summed E-state index contributed by atoms with van der Waals surface area (Å²) in [5.41, 5.74) is 1.33. The van der Waals surface area contributed by atoms with Crippen LogP contribution < -0.4 is 4.72 Å². The minimum atomic E-state index is -3.31. The van der Waals surface area contributed by atoms with Crippen LogP contribution in [-0.2, 0) is 21.4 Å². The summed E-state index contributed by atoms with van der Waals surface area (Å²) in [6.45, 7) is 4.37. The van der Waals surface area contributed by atoms with Crippen LogP contribution in [0.1, 0.15) is 32.6 Å². The van der Waals surface area contributed by atoms with Crippen LogP contribution in [0, 0.1) is 0 Å². The number of amides is 1. The number of hydrogen-bond acceptors (Lipinski definition) is 6. The van der Waals surface area contributed by atoms with Gasteiger partial charge in [0.05, 0.1) is 12.0 Å². The third-order valence-corrected chi connectivity index (χ3v) is 6.32. The molecule has 2 heterocycles. The van der Waals surface area contributed by atoms with Crippen molar-refractivity contribution in [2.24, 2.45) is 0 Å². The lowest BCUT2D eigenvalue weighted by Crippen LogP contribution is -2.33. The third kappa shape index (κ3) is 5.96. The van der Waals surface area contributed by atoms with Gasteiger partial charge < -0.3 is 9.47 Å². The highest BCUT2D eigenvalue weighted by molar-refractivity contribution is 7.99. The van der Waals surface area contributed by atoms with E-state index in [2.05, 4.69) is 14.9 Å². The predicted molar refractivity (Wildman–Crippen MR) is 115 cm³/mol. The van der Waals surface area contributed by atoms with E-state index in [1.54, 1.807) is 24.3 Å². The lowest BCUT2D eigenvalue weighted by atomic mass is 10.2. The molecule has 29 heavy (non-hydrogen) atoms. The van der Waals surface area contributed by atoms with Gasteiger partial charge in [-0.2, -0.15) is 0 Å². The summed E-state index contributed by atoms with van der Waals surface area (Å²) in [6.07, 6.45) is 5.67. The molecule has 1 amide bonds. The van der Waals surface area contributed by atoms with Crippen molar-refractivity contribution in [3.8, 4) is 11.4 Å². The minimum Gasteiger partial charge on any atom is -0.342 e. The minimum absolute atomic E-state index is 0.153. The highest BCUT2D eigenvalue weighted by Gasteiger charge is 2.19. The predicted octanol–water partition coefficient (Wildman–Crippen LogP) is 2.83. The first-order valence-corrected chi connectivity index (χ1v) is 12.7. The first kappa shape index (κ1) is 21.6. The first-order chi connectivity index (χ1) is 13.9. The summed E-state index contributed by atoms with van der Waals surface area (Å²) in [5, 5.41) is 9.28. The van der Waals surface area contributed by atoms with E-state index in [1.165, 1.54) is 24.6 Å². The topological polar surface area (TPSA) is 97.2 Å². The second kappa shape index (κ2) is 9.62. The number of hydrogen-bond donors (Lipinski definition) is 1. The molecule has 2 aromatic rings. The number of nitrogens with zero attached hydrogens (tertiary/aromatic N) is 4. The quantitative estimate of drug-likeness (QED) is 0.669. The van der Waals surface area contributed by atoms with Gasteiger partial charge in [0.25, 0.3) is 0 Å². The van der Waals surface area contributed by atoms with Gasteiger partial charge >= 0.3 is 0 Å². The second-order valence-corrected chi connectivity index (χ2v) is 9.78. The Kier molecular flexibility index (Phi) is 7.18. The van der Waals surface area contributed by atoms with Crippen LogP contribution in [-0.4, -0.2) is 59.1 Å². The Morgan fingerprint density at radius 3 is 2.34 bits per heavy atom. The Hall–Kier alpha value is -2.07. The van der Waals surface area contributed by atoms with Crippen LogP contribution >= 0.6 is 11.8 Å². The Balaban J connectivity index is 1.69. The molecule has 0 unspecified atom stereocenters. The SMILES string of the molecule is CCn1c(SCC(=O)N2CCCCCC2)nnc1-c1ccc(NS(C)(=O)=O)cc1. The molecular weight excluding hydrogens is 410 g/mol. The molecule has 1 aliphatic heterocycles.